The summed E-state index contributed by atoms with van der Waals surface area (Å²) in [5.74, 6) is -0.536. The molecule has 0 saturated heterocycles. The highest BCUT2D eigenvalue weighted by molar-refractivity contribution is 7.51. The molecule has 2 heterocycles. The van der Waals surface area contributed by atoms with Crippen LogP contribution in [0.1, 0.15) is 41.5 Å². The zero-order chi connectivity index (χ0) is 34.1. The normalized spacial score (nSPS) is 13.2. The van der Waals surface area contributed by atoms with E-state index in [1.165, 1.54) is 24.3 Å². The second kappa shape index (κ2) is 13.1. The van der Waals surface area contributed by atoms with Crippen LogP contribution in [0.3, 0.4) is 0 Å². The fourth-order valence-electron chi connectivity index (χ4n) is 4.88. The Morgan fingerprint density at radius 2 is 1.62 bits per heavy atom. The van der Waals surface area contributed by atoms with Crippen LogP contribution < -0.4 is 4.74 Å². The number of benzene rings is 3. The molecule has 0 atom stereocenters. The number of hydrogen-bond acceptors (Lipinski definition) is 7. The van der Waals surface area contributed by atoms with E-state index in [-0.39, 0.29) is 34.2 Å². The lowest BCUT2D eigenvalue weighted by molar-refractivity contribution is -0.274. The van der Waals surface area contributed by atoms with E-state index < -0.39 is 48.0 Å². The molecule has 1 aliphatic carbocycles. The number of halogens is 7. The van der Waals surface area contributed by atoms with Gasteiger partial charge >= 0.3 is 24.1 Å². The Labute approximate surface area is 265 Å². The van der Waals surface area contributed by atoms with Gasteiger partial charge in [-0.15, -0.1) is 13.2 Å². The Balaban J connectivity index is 0.00000139. The molecule has 0 spiro atoms. The van der Waals surface area contributed by atoms with Gasteiger partial charge in [0.2, 0.25) is 0 Å². The molecule has 1 N–H and O–H groups in total. The predicted octanol–water partition coefficient (Wildman–Crippen LogP) is 7.93. The van der Waals surface area contributed by atoms with Crippen molar-refractivity contribution >= 4 is 11.6 Å². The number of rotatable bonds is 7. The topological polar surface area (TPSA) is 107 Å². The number of hydrogen-bond donors (Lipinski definition) is 1. The van der Waals surface area contributed by atoms with Crippen LogP contribution >= 0.6 is 0 Å². The molecule has 1 aliphatic rings. The zero-order valence-electron chi connectivity index (χ0n) is 24.0. The van der Waals surface area contributed by atoms with Crippen LogP contribution in [0, 0.1) is 12.7 Å². The van der Waals surface area contributed by atoms with Crippen molar-refractivity contribution in [2.24, 2.45) is 0 Å². The first-order valence-electron chi connectivity index (χ1n) is 13.7. The molecule has 0 bridgehead atoms. The maximum Gasteiger partial charge on any atom is 0.573 e. The minimum absolute atomic E-state index is 0.00581. The van der Waals surface area contributed by atoms with Crippen LogP contribution in [-0.4, -0.2) is 34.7 Å². The first-order chi connectivity index (χ1) is 22.2. The van der Waals surface area contributed by atoms with E-state index in [1.54, 1.807) is 25.1 Å². The van der Waals surface area contributed by atoms with Crippen molar-refractivity contribution in [1.29, 1.82) is 0 Å². The van der Waals surface area contributed by atoms with E-state index in [0.29, 0.717) is 28.1 Å². The molecule has 0 unspecified atom stereocenters. The van der Waals surface area contributed by atoms with Gasteiger partial charge in [0.05, 0.1) is 12.3 Å². The van der Waals surface area contributed by atoms with Crippen molar-refractivity contribution in [3.8, 4) is 45.1 Å². The first kappa shape index (κ1) is 33.5. The van der Waals surface area contributed by atoms with E-state index in [2.05, 4.69) is 9.84 Å². The lowest BCUT2D eigenvalue weighted by Gasteiger charge is -2.14. The lowest BCUT2D eigenvalue weighted by atomic mass is 9.95. The molecule has 5 aromatic rings. The number of alkyl halides is 6. The van der Waals surface area contributed by atoms with Gasteiger partial charge in [0.1, 0.15) is 17.3 Å². The average Bonchev–Trinajstić information content (AvgIpc) is 3.54. The lowest BCUT2D eigenvalue weighted by Crippen LogP contribution is -2.16. The van der Waals surface area contributed by atoms with Gasteiger partial charge in [-0.25, -0.2) is 14.1 Å². The molecule has 6 rings (SSSR count). The van der Waals surface area contributed by atoms with Crippen LogP contribution in [0.4, 0.5) is 30.7 Å². The minimum Gasteiger partial charge on any atom is -0.440 e. The molecule has 0 radical (unpaired) electrons. The highest BCUT2D eigenvalue weighted by Crippen LogP contribution is 2.45. The van der Waals surface area contributed by atoms with Gasteiger partial charge in [0.15, 0.2) is 17.3 Å². The standard InChI is InChI=1S/C31H22F7N3O3.O2S/c1-16-12-20(14-24(32)23(16)15-42)19-6-9-25(41-11-10-26(40-41)30(33,34)35)22(13-19)27-28(43-29(39-27)18-2-3-18)17-4-7-21(8-5-17)44-31(36,37)38;1-3-2/h4-14,18,42H,2-3,15H2,1H3;. The number of nitrogens with zero attached hydrogens (tertiary/aromatic N) is 3. The van der Waals surface area contributed by atoms with Crippen LogP contribution in [0.15, 0.2) is 71.3 Å². The molecule has 2 aromatic heterocycles. The summed E-state index contributed by atoms with van der Waals surface area (Å²) in [6.07, 6.45) is -6.85. The summed E-state index contributed by atoms with van der Waals surface area (Å²) in [5, 5.41) is 13.2. The Kier molecular flexibility index (Phi) is 9.36. The third-order valence-corrected chi connectivity index (χ3v) is 7.21. The molecule has 47 heavy (non-hydrogen) atoms. The molecular formula is C31H22F7N3O5S. The van der Waals surface area contributed by atoms with Crippen molar-refractivity contribution in [2.75, 3.05) is 0 Å². The van der Waals surface area contributed by atoms with E-state index in [1.807, 2.05) is 0 Å². The molecule has 1 fully saturated rings. The van der Waals surface area contributed by atoms with Gasteiger partial charge < -0.3 is 14.3 Å². The largest absolute Gasteiger partial charge is 0.573 e. The average molecular weight is 682 g/mol. The number of aromatic nitrogens is 3. The maximum absolute atomic E-state index is 14.8. The zero-order valence-corrected chi connectivity index (χ0v) is 24.8. The van der Waals surface area contributed by atoms with E-state index in [4.69, 9.17) is 17.8 Å². The Morgan fingerprint density at radius 3 is 2.17 bits per heavy atom. The summed E-state index contributed by atoms with van der Waals surface area (Å²) in [6, 6.07) is 13.4. The maximum atomic E-state index is 14.8. The number of ether oxygens (including phenoxy) is 1. The second-order valence-electron chi connectivity index (χ2n) is 10.4. The minimum atomic E-state index is -4.89. The Hall–Kier alpha value is -4.83. The van der Waals surface area contributed by atoms with E-state index in [9.17, 15) is 35.8 Å². The van der Waals surface area contributed by atoms with Crippen LogP contribution in [0.5, 0.6) is 5.75 Å². The fourth-order valence-corrected chi connectivity index (χ4v) is 4.88. The number of aliphatic hydroxyl groups excluding tert-OH is 1. The molecule has 0 aliphatic heterocycles. The summed E-state index contributed by atoms with van der Waals surface area (Å²) < 4.78 is 121. The molecular weight excluding hydrogens is 659 g/mol. The smallest absolute Gasteiger partial charge is 0.440 e. The van der Waals surface area contributed by atoms with Crippen molar-refractivity contribution < 1.29 is 53.4 Å². The summed E-state index contributed by atoms with van der Waals surface area (Å²) in [4.78, 5) is 4.69. The van der Waals surface area contributed by atoms with E-state index in [0.717, 1.165) is 41.9 Å². The van der Waals surface area contributed by atoms with Crippen LogP contribution in [-0.2, 0) is 24.4 Å². The van der Waals surface area contributed by atoms with Gasteiger partial charge in [-0.1, -0.05) is 12.1 Å². The van der Waals surface area contributed by atoms with Gasteiger partial charge in [0, 0.05) is 28.8 Å². The SMILES string of the molecule is Cc1cc(-c2ccc(-n3ccc(C(F)(F)F)n3)c(-c3nc(C4CC4)oc3-c3ccc(OC(F)(F)F)cc3)c2)cc(F)c1CO.O=S=O. The van der Waals surface area contributed by atoms with Gasteiger partial charge in [-0.2, -0.15) is 26.7 Å². The molecule has 8 nitrogen and oxygen atoms in total. The van der Waals surface area contributed by atoms with Gasteiger partial charge in [0.25, 0.3) is 0 Å². The second-order valence-corrected chi connectivity index (χ2v) is 10.6. The molecule has 16 heteroatoms. The third kappa shape index (κ3) is 7.60. The van der Waals surface area contributed by atoms with Gasteiger partial charge in [-0.3, -0.25) is 0 Å². The highest BCUT2D eigenvalue weighted by Gasteiger charge is 2.35. The van der Waals surface area contributed by atoms with Crippen molar-refractivity contribution in [3.05, 3.63) is 95.4 Å². The Morgan fingerprint density at radius 1 is 0.957 bits per heavy atom. The number of oxazole rings is 1. The summed E-state index contributed by atoms with van der Waals surface area (Å²) >= 11 is -0.750. The molecule has 1 saturated carbocycles. The summed E-state index contributed by atoms with van der Waals surface area (Å²) in [6.45, 7) is 1.14. The van der Waals surface area contributed by atoms with Crippen LogP contribution in [0.2, 0.25) is 0 Å². The van der Waals surface area contributed by atoms with E-state index >= 15 is 0 Å². The molecule has 246 valence electrons. The Bertz CT molecular complexity index is 1920. The number of aryl methyl sites for hydroxylation is 1. The number of aliphatic hydroxyl groups is 1. The van der Waals surface area contributed by atoms with Crippen LogP contribution in [0.25, 0.3) is 39.4 Å². The van der Waals surface area contributed by atoms with Gasteiger partial charge in [-0.05, 0) is 85.0 Å². The highest BCUT2D eigenvalue weighted by atomic mass is 32.1. The monoisotopic (exact) mass is 681 g/mol. The summed E-state index contributed by atoms with van der Waals surface area (Å²) in [7, 11) is 0. The quantitative estimate of drug-likeness (QED) is 0.174. The fraction of sp³-hybridized carbons (Fsp3) is 0.226. The third-order valence-electron chi connectivity index (χ3n) is 7.21. The summed E-state index contributed by atoms with van der Waals surface area (Å²) in [5.41, 5.74) is 1.45. The van der Waals surface area contributed by atoms with Crippen molar-refractivity contribution in [1.82, 2.24) is 14.8 Å². The predicted molar refractivity (Wildman–Crippen MR) is 153 cm³/mol. The van der Waals surface area contributed by atoms with Crippen molar-refractivity contribution in [3.63, 3.8) is 0 Å². The molecule has 0 amide bonds. The first-order valence-corrected chi connectivity index (χ1v) is 14.4. The molecule has 3 aromatic carbocycles. The van der Waals surface area contributed by atoms with Crippen molar-refractivity contribution in [2.45, 2.75) is 44.8 Å².